The van der Waals surface area contributed by atoms with Crippen LogP contribution in [0.1, 0.15) is 23.2 Å². The van der Waals surface area contributed by atoms with Crippen molar-refractivity contribution >= 4 is 63.2 Å². The summed E-state index contributed by atoms with van der Waals surface area (Å²) in [6.07, 6.45) is 6.71. The van der Waals surface area contributed by atoms with Crippen LogP contribution < -0.4 is 26.4 Å². The van der Waals surface area contributed by atoms with E-state index < -0.39 is 5.82 Å². The largest absolute Gasteiger partial charge is 0.355 e. The summed E-state index contributed by atoms with van der Waals surface area (Å²) in [5.41, 5.74) is 1.16. The average Bonchev–Trinajstić information content (AvgIpc) is 2.77. The fourth-order valence-corrected chi connectivity index (χ4v) is 3.71. The van der Waals surface area contributed by atoms with Crippen LogP contribution in [0, 0.1) is 5.82 Å². The molecule has 1 aliphatic carbocycles. The number of anilines is 4. The second-order valence-corrected chi connectivity index (χ2v) is 7.71. The SMILES string of the molecule is CNC(=O)c1cnc(Nc2cc(F)ccc2Cl)c(Nc2nccc3c2=CCCC=3Cl)c1. The maximum absolute atomic E-state index is 13.7. The molecule has 0 unspecified atom stereocenters. The molecular weight excluding hydrogens is 440 g/mol. The van der Waals surface area contributed by atoms with Gasteiger partial charge in [-0.2, -0.15) is 0 Å². The minimum Gasteiger partial charge on any atom is -0.355 e. The quantitative estimate of drug-likeness (QED) is 0.538. The number of amides is 1. The van der Waals surface area contributed by atoms with Crippen molar-refractivity contribution in [3.8, 4) is 0 Å². The first-order valence-corrected chi connectivity index (χ1v) is 10.3. The number of carbonyl (C=O) groups excluding carboxylic acids is 1. The number of aromatic nitrogens is 2. The molecule has 0 saturated heterocycles. The molecule has 0 aliphatic heterocycles. The smallest absolute Gasteiger partial charge is 0.252 e. The zero-order chi connectivity index (χ0) is 22.0. The highest BCUT2D eigenvalue weighted by Gasteiger charge is 2.14. The number of pyridine rings is 2. The molecule has 1 aromatic carbocycles. The highest BCUT2D eigenvalue weighted by Crippen LogP contribution is 2.30. The van der Waals surface area contributed by atoms with E-state index in [4.69, 9.17) is 23.2 Å². The molecule has 3 aromatic rings. The molecule has 0 radical (unpaired) electrons. The zero-order valence-corrected chi connectivity index (χ0v) is 18.0. The number of nitrogens with one attached hydrogen (secondary N) is 3. The number of nitrogens with zero attached hydrogens (tertiary/aromatic N) is 2. The molecule has 0 spiro atoms. The van der Waals surface area contributed by atoms with Gasteiger partial charge in [0.1, 0.15) is 11.6 Å². The van der Waals surface area contributed by atoms with E-state index in [0.717, 1.165) is 28.3 Å². The van der Waals surface area contributed by atoms with Crippen LogP contribution in [-0.4, -0.2) is 22.9 Å². The van der Waals surface area contributed by atoms with Crippen molar-refractivity contribution in [3.63, 3.8) is 0 Å². The van der Waals surface area contributed by atoms with Gasteiger partial charge < -0.3 is 16.0 Å². The van der Waals surface area contributed by atoms with Gasteiger partial charge in [0.25, 0.3) is 5.91 Å². The Hall–Kier alpha value is -3.16. The summed E-state index contributed by atoms with van der Waals surface area (Å²) in [6, 6.07) is 7.49. The van der Waals surface area contributed by atoms with Crippen LogP contribution in [0.5, 0.6) is 0 Å². The van der Waals surface area contributed by atoms with Crippen LogP contribution in [0.3, 0.4) is 0 Å². The molecule has 4 rings (SSSR count). The number of fused-ring (bicyclic) bond motifs is 1. The third-order valence-corrected chi connectivity index (χ3v) is 5.53. The second kappa shape index (κ2) is 8.91. The minimum absolute atomic E-state index is 0.295. The first kappa shape index (κ1) is 21.1. The maximum atomic E-state index is 13.7. The van der Waals surface area contributed by atoms with Crippen molar-refractivity contribution in [3.05, 3.63) is 69.6 Å². The van der Waals surface area contributed by atoms with Crippen molar-refractivity contribution < 1.29 is 9.18 Å². The molecule has 1 amide bonds. The van der Waals surface area contributed by atoms with Crippen molar-refractivity contribution in [1.29, 1.82) is 0 Å². The van der Waals surface area contributed by atoms with Gasteiger partial charge in [-0.1, -0.05) is 29.3 Å². The van der Waals surface area contributed by atoms with Crippen LogP contribution in [0.25, 0.3) is 11.1 Å². The van der Waals surface area contributed by atoms with Gasteiger partial charge in [-0.05, 0) is 43.2 Å². The number of hydrogen-bond donors (Lipinski definition) is 3. The van der Waals surface area contributed by atoms with E-state index in [1.807, 2.05) is 6.07 Å². The van der Waals surface area contributed by atoms with Gasteiger partial charge in [-0.3, -0.25) is 4.79 Å². The number of hydrogen-bond acceptors (Lipinski definition) is 5. The van der Waals surface area contributed by atoms with E-state index in [0.29, 0.717) is 33.6 Å². The second-order valence-electron chi connectivity index (χ2n) is 6.84. The van der Waals surface area contributed by atoms with Gasteiger partial charge >= 0.3 is 0 Å². The van der Waals surface area contributed by atoms with Crippen molar-refractivity contribution in [1.82, 2.24) is 15.3 Å². The van der Waals surface area contributed by atoms with E-state index in [9.17, 15) is 9.18 Å². The molecule has 1 aliphatic rings. The summed E-state index contributed by atoms with van der Waals surface area (Å²) in [6.45, 7) is 0. The molecule has 2 heterocycles. The van der Waals surface area contributed by atoms with Gasteiger partial charge in [0.2, 0.25) is 0 Å². The molecule has 31 heavy (non-hydrogen) atoms. The normalized spacial score (nSPS) is 12.6. The first-order valence-electron chi connectivity index (χ1n) is 9.51. The summed E-state index contributed by atoms with van der Waals surface area (Å²) in [5, 5.41) is 11.7. The van der Waals surface area contributed by atoms with Crippen LogP contribution in [0.4, 0.5) is 27.4 Å². The van der Waals surface area contributed by atoms with E-state index in [-0.39, 0.29) is 5.91 Å². The third-order valence-electron chi connectivity index (χ3n) is 4.81. The van der Waals surface area contributed by atoms with Gasteiger partial charge in [0, 0.05) is 34.9 Å². The van der Waals surface area contributed by atoms with E-state index in [1.54, 1.807) is 12.3 Å². The lowest BCUT2D eigenvalue weighted by molar-refractivity contribution is 0.0963. The highest BCUT2D eigenvalue weighted by molar-refractivity contribution is 6.45. The number of carbonyl (C=O) groups is 1. The molecule has 6 nitrogen and oxygen atoms in total. The molecule has 2 aromatic heterocycles. The van der Waals surface area contributed by atoms with Crippen molar-refractivity contribution in [2.45, 2.75) is 12.8 Å². The molecule has 0 saturated carbocycles. The first-order chi connectivity index (χ1) is 15.0. The Kier molecular flexibility index (Phi) is 6.06. The van der Waals surface area contributed by atoms with Gasteiger partial charge in [-0.15, -0.1) is 0 Å². The molecule has 0 atom stereocenters. The average molecular weight is 458 g/mol. The van der Waals surface area contributed by atoms with E-state index >= 15 is 0 Å². The molecule has 158 valence electrons. The fraction of sp³-hybridized carbons (Fsp3) is 0.136. The Morgan fingerprint density at radius 1 is 1.06 bits per heavy atom. The van der Waals surface area contributed by atoms with Gasteiger partial charge in [0.15, 0.2) is 5.82 Å². The number of benzene rings is 1. The van der Waals surface area contributed by atoms with Crippen LogP contribution in [0.2, 0.25) is 5.02 Å². The molecule has 0 fully saturated rings. The van der Waals surface area contributed by atoms with Crippen molar-refractivity contribution in [2.75, 3.05) is 17.7 Å². The van der Waals surface area contributed by atoms with Crippen LogP contribution >= 0.6 is 23.2 Å². The topological polar surface area (TPSA) is 78.9 Å². The molecule has 9 heteroatoms. The molecule has 3 N–H and O–H groups in total. The predicted octanol–water partition coefficient (Wildman–Crippen LogP) is 4.04. The van der Waals surface area contributed by atoms with E-state index in [2.05, 4.69) is 32.0 Å². The third kappa shape index (κ3) is 4.47. The standard InChI is InChI=1S/C22H18Cl2FN5O/c1-26-22(31)12-9-19(21(28-11-12)29-18-10-13(25)5-6-17(18)24)30-20-15-3-2-4-16(23)14(15)7-8-27-20/h3,5-11H,2,4H2,1H3,(H,26,31)(H,27,30)(H,28,29). The molecular formula is C22H18Cl2FN5O. The predicted molar refractivity (Wildman–Crippen MR) is 122 cm³/mol. The Bertz CT molecular complexity index is 1300. The van der Waals surface area contributed by atoms with Gasteiger partial charge in [-0.25, -0.2) is 14.4 Å². The Labute approximate surface area is 187 Å². The van der Waals surface area contributed by atoms with Crippen molar-refractivity contribution in [2.24, 2.45) is 0 Å². The molecule has 0 bridgehead atoms. The summed E-state index contributed by atoms with van der Waals surface area (Å²) in [7, 11) is 1.54. The van der Waals surface area contributed by atoms with Crippen LogP contribution in [0.15, 0.2) is 42.7 Å². The summed E-state index contributed by atoms with van der Waals surface area (Å²) in [4.78, 5) is 20.9. The lowest BCUT2D eigenvalue weighted by Crippen LogP contribution is -2.31. The lowest BCUT2D eigenvalue weighted by atomic mass is 10.1. The van der Waals surface area contributed by atoms with Crippen LogP contribution in [-0.2, 0) is 0 Å². The lowest BCUT2D eigenvalue weighted by Gasteiger charge is -2.16. The summed E-state index contributed by atoms with van der Waals surface area (Å²) >= 11 is 12.6. The van der Waals surface area contributed by atoms with Gasteiger partial charge in [0.05, 0.1) is 22.0 Å². The zero-order valence-electron chi connectivity index (χ0n) is 16.5. The number of halogens is 3. The van der Waals surface area contributed by atoms with E-state index in [1.165, 1.54) is 31.4 Å². The Morgan fingerprint density at radius 2 is 1.87 bits per heavy atom. The summed E-state index contributed by atoms with van der Waals surface area (Å²) < 4.78 is 13.7. The monoisotopic (exact) mass is 457 g/mol. The fourth-order valence-electron chi connectivity index (χ4n) is 3.27. The summed E-state index contributed by atoms with van der Waals surface area (Å²) in [5.74, 6) is 0.184. The number of rotatable bonds is 5. The maximum Gasteiger partial charge on any atom is 0.252 e. The Morgan fingerprint density at radius 3 is 2.68 bits per heavy atom. The minimum atomic E-state index is -0.443. The Balaban J connectivity index is 1.81. The highest BCUT2D eigenvalue weighted by atomic mass is 35.5.